The summed E-state index contributed by atoms with van der Waals surface area (Å²) in [4.78, 5) is 0. The Labute approximate surface area is 98.2 Å². The summed E-state index contributed by atoms with van der Waals surface area (Å²) in [7, 11) is 0. The quantitative estimate of drug-likeness (QED) is 0.846. The summed E-state index contributed by atoms with van der Waals surface area (Å²) >= 11 is 0. The van der Waals surface area contributed by atoms with Crippen LogP contribution in [0.5, 0.6) is 0 Å². The SMILES string of the molecule is CCn1cc(C2CCNC2CC(C)C)cn1. The third kappa shape index (κ3) is 2.46. The molecule has 2 rings (SSSR count). The van der Waals surface area contributed by atoms with Gasteiger partial charge in [-0.2, -0.15) is 5.10 Å². The van der Waals surface area contributed by atoms with Crippen LogP contribution in [0, 0.1) is 5.92 Å². The van der Waals surface area contributed by atoms with Gasteiger partial charge in [0.25, 0.3) is 0 Å². The first-order valence-electron chi connectivity index (χ1n) is 6.46. The Morgan fingerprint density at radius 3 is 3.00 bits per heavy atom. The van der Waals surface area contributed by atoms with E-state index in [2.05, 4.69) is 43.6 Å². The molecule has 3 heteroatoms. The molecule has 1 aliphatic heterocycles. The summed E-state index contributed by atoms with van der Waals surface area (Å²) in [6.07, 6.45) is 6.79. The summed E-state index contributed by atoms with van der Waals surface area (Å²) in [5, 5.41) is 8.01. The van der Waals surface area contributed by atoms with Gasteiger partial charge in [0.2, 0.25) is 0 Å². The topological polar surface area (TPSA) is 29.9 Å². The highest BCUT2D eigenvalue weighted by Crippen LogP contribution is 2.30. The molecule has 2 atom stereocenters. The van der Waals surface area contributed by atoms with Crippen molar-refractivity contribution in [3.63, 3.8) is 0 Å². The molecule has 0 saturated carbocycles. The zero-order chi connectivity index (χ0) is 11.5. The van der Waals surface area contributed by atoms with Crippen LogP contribution in [0.1, 0.15) is 45.1 Å². The van der Waals surface area contributed by atoms with E-state index in [1.54, 1.807) is 0 Å². The van der Waals surface area contributed by atoms with Crippen molar-refractivity contribution in [1.82, 2.24) is 15.1 Å². The highest BCUT2D eigenvalue weighted by atomic mass is 15.3. The van der Waals surface area contributed by atoms with Gasteiger partial charge in [-0.1, -0.05) is 13.8 Å². The zero-order valence-corrected chi connectivity index (χ0v) is 10.6. The number of rotatable bonds is 4. The van der Waals surface area contributed by atoms with Crippen LogP contribution in [0.25, 0.3) is 0 Å². The van der Waals surface area contributed by atoms with E-state index in [0.29, 0.717) is 12.0 Å². The van der Waals surface area contributed by atoms with Crippen LogP contribution < -0.4 is 5.32 Å². The summed E-state index contributed by atoms with van der Waals surface area (Å²) in [6, 6.07) is 0.648. The Bertz CT molecular complexity index is 330. The molecular weight excluding hydrogens is 198 g/mol. The van der Waals surface area contributed by atoms with E-state index in [1.807, 2.05) is 4.68 Å². The van der Waals surface area contributed by atoms with E-state index in [0.717, 1.165) is 19.0 Å². The van der Waals surface area contributed by atoms with E-state index >= 15 is 0 Å². The third-order valence-electron chi connectivity index (χ3n) is 3.48. The highest BCUT2D eigenvalue weighted by Gasteiger charge is 2.29. The van der Waals surface area contributed by atoms with Gasteiger partial charge in [-0.25, -0.2) is 0 Å². The highest BCUT2D eigenvalue weighted by molar-refractivity contribution is 5.16. The molecular formula is C13H23N3. The molecule has 0 radical (unpaired) electrons. The molecule has 0 amide bonds. The second-order valence-electron chi connectivity index (χ2n) is 5.21. The second kappa shape index (κ2) is 5.00. The lowest BCUT2D eigenvalue weighted by Gasteiger charge is -2.20. The summed E-state index contributed by atoms with van der Waals surface area (Å²) in [5.74, 6) is 1.43. The van der Waals surface area contributed by atoms with Gasteiger partial charge in [-0.05, 0) is 37.8 Å². The van der Waals surface area contributed by atoms with Gasteiger partial charge in [0, 0.05) is 24.7 Å². The third-order valence-corrected chi connectivity index (χ3v) is 3.48. The van der Waals surface area contributed by atoms with Gasteiger partial charge < -0.3 is 5.32 Å². The van der Waals surface area contributed by atoms with E-state index < -0.39 is 0 Å². The molecule has 3 nitrogen and oxygen atoms in total. The van der Waals surface area contributed by atoms with Crippen molar-refractivity contribution in [3.05, 3.63) is 18.0 Å². The van der Waals surface area contributed by atoms with Crippen molar-refractivity contribution in [2.75, 3.05) is 6.54 Å². The van der Waals surface area contributed by atoms with Gasteiger partial charge in [-0.15, -0.1) is 0 Å². The first-order valence-corrected chi connectivity index (χ1v) is 6.46. The second-order valence-corrected chi connectivity index (χ2v) is 5.21. The summed E-state index contributed by atoms with van der Waals surface area (Å²) in [6.45, 7) is 8.85. The van der Waals surface area contributed by atoms with Crippen LogP contribution >= 0.6 is 0 Å². The normalized spacial score (nSPS) is 25.5. The Hall–Kier alpha value is -0.830. The largest absolute Gasteiger partial charge is 0.313 e. The van der Waals surface area contributed by atoms with Crippen molar-refractivity contribution in [2.45, 2.75) is 52.1 Å². The van der Waals surface area contributed by atoms with E-state index in [4.69, 9.17) is 0 Å². The van der Waals surface area contributed by atoms with Crippen molar-refractivity contribution < 1.29 is 0 Å². The van der Waals surface area contributed by atoms with Gasteiger partial charge in [0.05, 0.1) is 6.20 Å². The minimum atomic E-state index is 0.648. The fraction of sp³-hybridized carbons (Fsp3) is 0.769. The average molecular weight is 221 g/mol. The molecule has 0 spiro atoms. The average Bonchev–Trinajstić information content (AvgIpc) is 2.84. The first kappa shape index (κ1) is 11.6. The van der Waals surface area contributed by atoms with E-state index in [1.165, 1.54) is 18.4 Å². The Morgan fingerprint density at radius 2 is 2.38 bits per heavy atom. The van der Waals surface area contributed by atoms with E-state index in [-0.39, 0.29) is 0 Å². The van der Waals surface area contributed by atoms with Crippen molar-refractivity contribution in [3.8, 4) is 0 Å². The Kier molecular flexibility index (Phi) is 3.64. The Morgan fingerprint density at radius 1 is 1.56 bits per heavy atom. The fourth-order valence-electron chi connectivity index (χ4n) is 2.67. The van der Waals surface area contributed by atoms with Crippen LogP contribution in [0.3, 0.4) is 0 Å². The zero-order valence-electron chi connectivity index (χ0n) is 10.6. The standard InChI is InChI=1S/C13H23N3/c1-4-16-9-11(8-15-16)12-5-6-14-13(12)7-10(2)3/h8-10,12-14H,4-7H2,1-3H3. The van der Waals surface area contributed by atoms with Gasteiger partial charge >= 0.3 is 0 Å². The van der Waals surface area contributed by atoms with Crippen LogP contribution in [0.4, 0.5) is 0 Å². The van der Waals surface area contributed by atoms with Crippen LogP contribution in [-0.4, -0.2) is 22.4 Å². The maximum atomic E-state index is 4.38. The van der Waals surface area contributed by atoms with Crippen molar-refractivity contribution in [1.29, 1.82) is 0 Å². The fourth-order valence-corrected chi connectivity index (χ4v) is 2.67. The molecule has 1 aliphatic rings. The van der Waals surface area contributed by atoms with Gasteiger partial charge in [-0.3, -0.25) is 4.68 Å². The first-order chi connectivity index (χ1) is 7.70. The smallest absolute Gasteiger partial charge is 0.0525 e. The number of aryl methyl sites for hydroxylation is 1. The molecule has 2 heterocycles. The minimum Gasteiger partial charge on any atom is -0.313 e. The lowest BCUT2D eigenvalue weighted by atomic mass is 9.89. The van der Waals surface area contributed by atoms with Crippen LogP contribution in [0.2, 0.25) is 0 Å². The lowest BCUT2D eigenvalue weighted by molar-refractivity contribution is 0.433. The molecule has 0 aromatic carbocycles. The van der Waals surface area contributed by atoms with Crippen LogP contribution in [0.15, 0.2) is 12.4 Å². The molecule has 1 aromatic rings. The van der Waals surface area contributed by atoms with Gasteiger partial charge in [0.1, 0.15) is 0 Å². The minimum absolute atomic E-state index is 0.648. The lowest BCUT2D eigenvalue weighted by Crippen LogP contribution is -2.27. The number of hydrogen-bond donors (Lipinski definition) is 1. The molecule has 90 valence electrons. The van der Waals surface area contributed by atoms with Gasteiger partial charge in [0.15, 0.2) is 0 Å². The molecule has 1 saturated heterocycles. The number of nitrogens with zero attached hydrogens (tertiary/aromatic N) is 2. The number of aromatic nitrogens is 2. The molecule has 1 aromatic heterocycles. The summed E-state index contributed by atoms with van der Waals surface area (Å²) in [5.41, 5.74) is 1.41. The predicted octanol–water partition coefficient (Wildman–Crippen LogP) is 2.39. The molecule has 1 N–H and O–H groups in total. The predicted molar refractivity (Wildman–Crippen MR) is 66.5 cm³/mol. The molecule has 2 unspecified atom stereocenters. The van der Waals surface area contributed by atoms with E-state index in [9.17, 15) is 0 Å². The maximum Gasteiger partial charge on any atom is 0.0525 e. The molecule has 0 bridgehead atoms. The molecule has 0 aliphatic carbocycles. The maximum absolute atomic E-state index is 4.38. The van der Waals surface area contributed by atoms with Crippen molar-refractivity contribution >= 4 is 0 Å². The monoisotopic (exact) mass is 221 g/mol. The van der Waals surface area contributed by atoms with Crippen molar-refractivity contribution in [2.24, 2.45) is 5.92 Å². The number of nitrogens with one attached hydrogen (secondary N) is 1. The summed E-state index contributed by atoms with van der Waals surface area (Å²) < 4.78 is 2.03. The number of hydrogen-bond acceptors (Lipinski definition) is 2. The molecule has 1 fully saturated rings. The van der Waals surface area contributed by atoms with Crippen LogP contribution in [-0.2, 0) is 6.54 Å². The Balaban J connectivity index is 2.07. The molecule has 16 heavy (non-hydrogen) atoms.